The molecule has 1 aromatic heterocycles. The smallest absolute Gasteiger partial charge is 0.341 e. The summed E-state index contributed by atoms with van der Waals surface area (Å²) in [7, 11) is 0. The lowest BCUT2D eigenvalue weighted by atomic mass is 9.80. The lowest BCUT2D eigenvalue weighted by Crippen LogP contribution is -2.18. The quantitative estimate of drug-likeness (QED) is 0.545. The minimum Gasteiger partial charge on any atom is -0.462 e. The molecule has 1 atom stereocenters. The first-order chi connectivity index (χ1) is 14.6. The van der Waals surface area contributed by atoms with Gasteiger partial charge in [-0.05, 0) is 78.4 Å². The molecule has 0 aliphatic heterocycles. The van der Waals surface area contributed by atoms with Gasteiger partial charge >= 0.3 is 5.97 Å². The third-order valence-electron chi connectivity index (χ3n) is 5.42. The molecule has 2 aromatic carbocycles. The topological polar surface area (TPSA) is 55.4 Å². The normalized spacial score (nSPS) is 15.3. The summed E-state index contributed by atoms with van der Waals surface area (Å²) in [6.45, 7) is 2.02. The highest BCUT2D eigenvalue weighted by atomic mass is 32.1. The average Bonchev–Trinajstić information content (AvgIpc) is 3.17. The van der Waals surface area contributed by atoms with E-state index in [0.29, 0.717) is 16.1 Å². The van der Waals surface area contributed by atoms with Gasteiger partial charge in [-0.3, -0.25) is 4.79 Å². The Hall–Kier alpha value is -2.99. The Morgan fingerprint density at radius 2 is 1.87 bits per heavy atom. The fourth-order valence-corrected chi connectivity index (χ4v) is 4.94. The molecular weight excluding hydrogens is 401 g/mol. The van der Waals surface area contributed by atoms with Gasteiger partial charge in [0.25, 0.3) is 5.91 Å². The fraction of sp³-hybridized carbons (Fsp3) is 0.250. The van der Waals surface area contributed by atoms with E-state index in [1.54, 1.807) is 6.92 Å². The SMILES string of the molecule is CCOC(=O)c1c(C2CCc3ccccc3C2)csc1NC(=O)c1ccc(F)cc1. The second-order valence-corrected chi connectivity index (χ2v) is 8.16. The highest BCUT2D eigenvalue weighted by molar-refractivity contribution is 7.15. The van der Waals surface area contributed by atoms with Crippen LogP contribution in [0.1, 0.15) is 56.7 Å². The molecular formula is C24H22FNO3S. The second-order valence-electron chi connectivity index (χ2n) is 7.29. The fourth-order valence-electron chi connectivity index (χ4n) is 3.92. The van der Waals surface area contributed by atoms with E-state index in [2.05, 4.69) is 23.5 Å². The van der Waals surface area contributed by atoms with Crippen LogP contribution in [0.5, 0.6) is 0 Å². The molecule has 154 valence electrons. The molecule has 1 aliphatic carbocycles. The van der Waals surface area contributed by atoms with Gasteiger partial charge in [0.2, 0.25) is 0 Å². The molecule has 0 saturated carbocycles. The van der Waals surface area contributed by atoms with Crippen molar-refractivity contribution in [3.05, 3.63) is 87.5 Å². The van der Waals surface area contributed by atoms with Crippen LogP contribution >= 0.6 is 11.3 Å². The minimum absolute atomic E-state index is 0.187. The molecule has 0 fully saturated rings. The number of thiophene rings is 1. The monoisotopic (exact) mass is 423 g/mol. The van der Waals surface area contributed by atoms with Crippen molar-refractivity contribution >= 4 is 28.2 Å². The van der Waals surface area contributed by atoms with Gasteiger partial charge < -0.3 is 10.1 Å². The largest absolute Gasteiger partial charge is 0.462 e. The predicted octanol–water partition coefficient (Wildman–Crippen LogP) is 5.59. The van der Waals surface area contributed by atoms with E-state index < -0.39 is 11.8 Å². The number of benzene rings is 2. The Morgan fingerprint density at radius 3 is 2.60 bits per heavy atom. The van der Waals surface area contributed by atoms with E-state index in [1.807, 2.05) is 11.4 Å². The molecule has 1 aliphatic rings. The molecule has 3 aromatic rings. The molecule has 30 heavy (non-hydrogen) atoms. The molecule has 4 rings (SSSR count). The Labute approximate surface area is 178 Å². The number of amides is 1. The van der Waals surface area contributed by atoms with Crippen molar-refractivity contribution in [1.82, 2.24) is 0 Å². The maximum atomic E-state index is 13.2. The first kappa shape index (κ1) is 20.3. The summed E-state index contributed by atoms with van der Waals surface area (Å²) in [5.41, 5.74) is 4.33. The molecule has 1 heterocycles. The van der Waals surface area contributed by atoms with Crippen molar-refractivity contribution in [1.29, 1.82) is 0 Å². The van der Waals surface area contributed by atoms with Crippen molar-refractivity contribution in [2.45, 2.75) is 32.1 Å². The first-order valence-corrected chi connectivity index (χ1v) is 10.9. The van der Waals surface area contributed by atoms with Crippen LogP contribution in [0.15, 0.2) is 53.9 Å². The van der Waals surface area contributed by atoms with Crippen LogP contribution in [0.3, 0.4) is 0 Å². The van der Waals surface area contributed by atoms with Crippen LogP contribution in [0.25, 0.3) is 0 Å². The van der Waals surface area contributed by atoms with Crippen LogP contribution in [-0.4, -0.2) is 18.5 Å². The number of hydrogen-bond acceptors (Lipinski definition) is 4. The standard InChI is InChI=1S/C24H22FNO3S/c1-2-29-24(28)21-20(18-8-7-15-5-3-4-6-17(15)13-18)14-30-23(21)26-22(27)16-9-11-19(25)12-10-16/h3-6,9-12,14,18H,2,7-8,13H2,1H3,(H,26,27). The van der Waals surface area contributed by atoms with Crippen LogP contribution < -0.4 is 5.32 Å². The van der Waals surface area contributed by atoms with Crippen LogP contribution in [0.2, 0.25) is 0 Å². The third-order valence-corrected chi connectivity index (χ3v) is 6.33. The average molecular weight is 424 g/mol. The lowest BCUT2D eigenvalue weighted by Gasteiger charge is -2.25. The number of ether oxygens (including phenoxy) is 1. The number of hydrogen-bond donors (Lipinski definition) is 1. The summed E-state index contributed by atoms with van der Waals surface area (Å²) in [4.78, 5) is 25.4. The lowest BCUT2D eigenvalue weighted by molar-refractivity contribution is 0.0526. The number of rotatable bonds is 5. The molecule has 0 spiro atoms. The molecule has 1 N–H and O–H groups in total. The van der Waals surface area contributed by atoms with E-state index in [4.69, 9.17) is 4.74 Å². The van der Waals surface area contributed by atoms with Crippen molar-refractivity contribution < 1.29 is 18.7 Å². The van der Waals surface area contributed by atoms with Crippen molar-refractivity contribution in [2.24, 2.45) is 0 Å². The summed E-state index contributed by atoms with van der Waals surface area (Å²) < 4.78 is 18.5. The zero-order chi connectivity index (χ0) is 21.1. The zero-order valence-electron chi connectivity index (χ0n) is 16.6. The summed E-state index contributed by atoms with van der Waals surface area (Å²) in [5.74, 6) is -1.04. The van der Waals surface area contributed by atoms with Crippen molar-refractivity contribution in [3.63, 3.8) is 0 Å². The zero-order valence-corrected chi connectivity index (χ0v) is 17.4. The van der Waals surface area contributed by atoms with Crippen LogP contribution in [0.4, 0.5) is 9.39 Å². The third kappa shape index (κ3) is 4.14. The van der Waals surface area contributed by atoms with Gasteiger partial charge in [-0.25, -0.2) is 9.18 Å². The molecule has 4 nitrogen and oxygen atoms in total. The summed E-state index contributed by atoms with van der Waals surface area (Å²) >= 11 is 1.32. The van der Waals surface area contributed by atoms with Gasteiger partial charge in [0.15, 0.2) is 0 Å². The number of halogens is 1. The van der Waals surface area contributed by atoms with Crippen LogP contribution in [0, 0.1) is 5.82 Å². The molecule has 0 radical (unpaired) electrons. The van der Waals surface area contributed by atoms with Gasteiger partial charge in [-0.2, -0.15) is 0 Å². The number of nitrogens with one attached hydrogen (secondary N) is 1. The van der Waals surface area contributed by atoms with Gasteiger partial charge in [-0.15, -0.1) is 11.3 Å². The van der Waals surface area contributed by atoms with Gasteiger partial charge in [0.1, 0.15) is 10.8 Å². The Balaban J connectivity index is 1.64. The van der Waals surface area contributed by atoms with Gasteiger partial charge in [0.05, 0.1) is 12.2 Å². The number of aryl methyl sites for hydroxylation is 1. The van der Waals surface area contributed by atoms with Crippen LogP contribution in [-0.2, 0) is 17.6 Å². The summed E-state index contributed by atoms with van der Waals surface area (Å²) in [5, 5.41) is 5.24. The molecule has 6 heteroatoms. The Bertz CT molecular complexity index is 1070. The number of carbonyl (C=O) groups excluding carboxylic acids is 2. The molecule has 1 unspecified atom stereocenters. The number of fused-ring (bicyclic) bond motifs is 1. The number of carbonyl (C=O) groups is 2. The number of anilines is 1. The van der Waals surface area contributed by atoms with E-state index in [1.165, 1.54) is 46.7 Å². The second kappa shape index (κ2) is 8.79. The molecule has 1 amide bonds. The highest BCUT2D eigenvalue weighted by Gasteiger charge is 2.29. The Kier molecular flexibility index (Phi) is 5.95. The van der Waals surface area contributed by atoms with Gasteiger partial charge in [0, 0.05) is 5.56 Å². The van der Waals surface area contributed by atoms with E-state index in [0.717, 1.165) is 24.8 Å². The summed E-state index contributed by atoms with van der Waals surface area (Å²) in [6, 6.07) is 13.7. The maximum Gasteiger partial charge on any atom is 0.341 e. The molecule has 0 saturated heterocycles. The highest BCUT2D eigenvalue weighted by Crippen LogP contribution is 2.40. The first-order valence-electron chi connectivity index (χ1n) is 9.99. The number of esters is 1. The predicted molar refractivity (Wildman–Crippen MR) is 116 cm³/mol. The molecule has 0 bridgehead atoms. The van der Waals surface area contributed by atoms with E-state index in [9.17, 15) is 14.0 Å². The maximum absolute atomic E-state index is 13.2. The van der Waals surface area contributed by atoms with Crippen molar-refractivity contribution in [2.75, 3.05) is 11.9 Å². The van der Waals surface area contributed by atoms with Crippen molar-refractivity contribution in [3.8, 4) is 0 Å². The Morgan fingerprint density at radius 1 is 1.13 bits per heavy atom. The van der Waals surface area contributed by atoms with E-state index in [-0.39, 0.29) is 18.4 Å². The van der Waals surface area contributed by atoms with E-state index >= 15 is 0 Å². The minimum atomic E-state index is -0.429. The summed E-state index contributed by atoms with van der Waals surface area (Å²) in [6.07, 6.45) is 2.74. The van der Waals surface area contributed by atoms with Gasteiger partial charge in [-0.1, -0.05) is 24.3 Å².